The van der Waals surface area contributed by atoms with E-state index in [4.69, 9.17) is 5.73 Å². The zero-order valence-electron chi connectivity index (χ0n) is 9.04. The van der Waals surface area contributed by atoms with E-state index in [1.807, 2.05) is 0 Å². The standard InChI is InChI=1S/C10H11BrF2N2O2/c1-17-8(16)3-5-2-7(11)15-6(4-14)9(5)10(12)13/h2,10H,3-4,14H2,1H3. The third-order valence-corrected chi connectivity index (χ3v) is 2.57. The first-order valence-electron chi connectivity index (χ1n) is 4.72. The normalized spacial score (nSPS) is 10.7. The lowest BCUT2D eigenvalue weighted by Gasteiger charge is -2.12. The predicted octanol–water partition coefficient (Wildman–Crippen LogP) is 1.96. The number of halogens is 3. The SMILES string of the molecule is COC(=O)Cc1cc(Br)nc(CN)c1C(F)F. The van der Waals surface area contributed by atoms with Crippen LogP contribution in [0.4, 0.5) is 8.78 Å². The van der Waals surface area contributed by atoms with Crippen LogP contribution in [-0.4, -0.2) is 18.1 Å². The highest BCUT2D eigenvalue weighted by Crippen LogP contribution is 2.28. The second-order valence-electron chi connectivity index (χ2n) is 3.22. The van der Waals surface area contributed by atoms with Gasteiger partial charge in [0.1, 0.15) is 4.60 Å². The Morgan fingerprint density at radius 2 is 2.29 bits per heavy atom. The van der Waals surface area contributed by atoms with Crippen LogP contribution in [0.15, 0.2) is 10.7 Å². The fourth-order valence-electron chi connectivity index (χ4n) is 1.42. The largest absolute Gasteiger partial charge is 0.469 e. The summed E-state index contributed by atoms with van der Waals surface area (Å²) in [5.41, 5.74) is 5.32. The van der Waals surface area contributed by atoms with Gasteiger partial charge in [-0.05, 0) is 27.6 Å². The Bertz CT molecular complexity index is 427. The minimum Gasteiger partial charge on any atom is -0.469 e. The summed E-state index contributed by atoms with van der Waals surface area (Å²) in [6.07, 6.45) is -2.96. The van der Waals surface area contributed by atoms with Crippen molar-refractivity contribution in [2.75, 3.05) is 7.11 Å². The molecule has 0 saturated carbocycles. The van der Waals surface area contributed by atoms with Crippen LogP contribution in [0.1, 0.15) is 23.2 Å². The summed E-state index contributed by atoms with van der Waals surface area (Å²) in [5.74, 6) is -0.590. The summed E-state index contributed by atoms with van der Waals surface area (Å²) in [7, 11) is 1.20. The lowest BCUT2D eigenvalue weighted by atomic mass is 10.0. The Balaban J connectivity index is 3.25. The first kappa shape index (κ1) is 14.0. The number of methoxy groups -OCH3 is 1. The highest BCUT2D eigenvalue weighted by molar-refractivity contribution is 9.10. The molecule has 0 aliphatic heterocycles. The molecule has 0 aliphatic carbocycles. The number of hydrogen-bond acceptors (Lipinski definition) is 4. The maximum absolute atomic E-state index is 12.9. The minimum absolute atomic E-state index is 0.0771. The molecular weight excluding hydrogens is 298 g/mol. The van der Waals surface area contributed by atoms with Gasteiger partial charge in [-0.25, -0.2) is 13.8 Å². The van der Waals surface area contributed by atoms with E-state index in [9.17, 15) is 13.6 Å². The van der Waals surface area contributed by atoms with Crippen molar-refractivity contribution >= 4 is 21.9 Å². The van der Waals surface area contributed by atoms with E-state index in [2.05, 4.69) is 25.7 Å². The van der Waals surface area contributed by atoms with Crippen LogP contribution >= 0.6 is 15.9 Å². The number of carbonyl (C=O) groups excluding carboxylic acids is 1. The summed E-state index contributed by atoms with van der Waals surface area (Å²) < 4.78 is 30.6. The van der Waals surface area contributed by atoms with E-state index in [1.54, 1.807) is 0 Å². The number of carbonyl (C=O) groups is 1. The Morgan fingerprint density at radius 3 is 2.76 bits per heavy atom. The van der Waals surface area contributed by atoms with Gasteiger partial charge in [-0.3, -0.25) is 4.79 Å². The molecule has 0 bridgehead atoms. The smallest absolute Gasteiger partial charge is 0.309 e. The highest BCUT2D eigenvalue weighted by atomic mass is 79.9. The molecule has 0 unspecified atom stereocenters. The average Bonchev–Trinajstić information content (AvgIpc) is 2.27. The van der Waals surface area contributed by atoms with Crippen molar-refractivity contribution in [3.05, 3.63) is 27.5 Å². The third-order valence-electron chi connectivity index (χ3n) is 2.17. The van der Waals surface area contributed by atoms with Gasteiger partial charge in [0.15, 0.2) is 0 Å². The minimum atomic E-state index is -2.73. The number of nitrogens with zero attached hydrogens (tertiary/aromatic N) is 1. The molecule has 1 aromatic rings. The lowest BCUT2D eigenvalue weighted by Crippen LogP contribution is -2.12. The molecule has 2 N–H and O–H groups in total. The van der Waals surface area contributed by atoms with Crippen molar-refractivity contribution < 1.29 is 18.3 Å². The number of alkyl halides is 2. The number of esters is 1. The van der Waals surface area contributed by atoms with Crippen LogP contribution in [0.25, 0.3) is 0 Å². The van der Waals surface area contributed by atoms with Crippen LogP contribution in [0, 0.1) is 0 Å². The maximum Gasteiger partial charge on any atom is 0.309 e. The van der Waals surface area contributed by atoms with Crippen molar-refractivity contribution in [1.82, 2.24) is 4.98 Å². The van der Waals surface area contributed by atoms with Crippen molar-refractivity contribution in [2.45, 2.75) is 19.4 Å². The molecular formula is C10H11BrF2N2O2. The van der Waals surface area contributed by atoms with Gasteiger partial charge < -0.3 is 10.5 Å². The van der Waals surface area contributed by atoms with Crippen LogP contribution < -0.4 is 5.73 Å². The van der Waals surface area contributed by atoms with Gasteiger partial charge in [0.2, 0.25) is 0 Å². The Kier molecular flexibility index (Phi) is 4.95. The van der Waals surface area contributed by atoms with Crippen molar-refractivity contribution in [3.63, 3.8) is 0 Å². The average molecular weight is 309 g/mol. The Labute approximate surface area is 105 Å². The second-order valence-corrected chi connectivity index (χ2v) is 4.03. The van der Waals surface area contributed by atoms with E-state index in [0.717, 1.165) is 0 Å². The molecule has 0 aromatic carbocycles. The first-order chi connectivity index (χ1) is 7.99. The van der Waals surface area contributed by atoms with Crippen LogP contribution in [0.2, 0.25) is 0 Å². The molecule has 1 rings (SSSR count). The molecule has 0 amide bonds. The molecule has 7 heteroatoms. The van der Waals surface area contributed by atoms with E-state index in [0.29, 0.717) is 4.60 Å². The fourth-order valence-corrected chi connectivity index (χ4v) is 1.91. The topological polar surface area (TPSA) is 65.2 Å². The maximum atomic E-state index is 12.9. The molecule has 0 radical (unpaired) electrons. The molecule has 0 fully saturated rings. The summed E-state index contributed by atoms with van der Waals surface area (Å²) >= 11 is 3.09. The molecule has 0 spiro atoms. The third kappa shape index (κ3) is 3.44. The zero-order chi connectivity index (χ0) is 13.0. The van der Waals surface area contributed by atoms with Gasteiger partial charge in [-0.15, -0.1) is 0 Å². The van der Waals surface area contributed by atoms with Gasteiger partial charge in [0.25, 0.3) is 6.43 Å². The summed E-state index contributed by atoms with van der Waals surface area (Å²) in [4.78, 5) is 15.0. The Hall–Kier alpha value is -1.08. The van der Waals surface area contributed by atoms with E-state index < -0.39 is 12.4 Å². The molecule has 0 aliphatic rings. The molecule has 17 heavy (non-hydrogen) atoms. The van der Waals surface area contributed by atoms with Crippen molar-refractivity contribution in [3.8, 4) is 0 Å². The first-order valence-corrected chi connectivity index (χ1v) is 5.52. The van der Waals surface area contributed by atoms with Crippen LogP contribution in [-0.2, 0) is 22.5 Å². The number of rotatable bonds is 4. The lowest BCUT2D eigenvalue weighted by molar-refractivity contribution is -0.139. The molecule has 0 saturated heterocycles. The van der Waals surface area contributed by atoms with Gasteiger partial charge in [0, 0.05) is 12.1 Å². The van der Waals surface area contributed by atoms with Gasteiger partial charge >= 0.3 is 5.97 Å². The van der Waals surface area contributed by atoms with Crippen LogP contribution in [0.3, 0.4) is 0 Å². The van der Waals surface area contributed by atoms with Gasteiger partial charge in [-0.1, -0.05) is 0 Å². The van der Waals surface area contributed by atoms with E-state index in [-0.39, 0.29) is 29.8 Å². The number of nitrogens with two attached hydrogens (primary N) is 1. The fraction of sp³-hybridized carbons (Fsp3) is 0.400. The predicted molar refractivity (Wildman–Crippen MR) is 60.5 cm³/mol. The molecule has 1 heterocycles. The monoisotopic (exact) mass is 308 g/mol. The van der Waals surface area contributed by atoms with Gasteiger partial charge in [0.05, 0.1) is 19.2 Å². The van der Waals surface area contributed by atoms with Gasteiger partial charge in [-0.2, -0.15) is 0 Å². The van der Waals surface area contributed by atoms with E-state index >= 15 is 0 Å². The molecule has 0 atom stereocenters. The summed E-state index contributed by atoms with van der Waals surface area (Å²) in [6.45, 7) is -0.118. The summed E-state index contributed by atoms with van der Waals surface area (Å²) in [6, 6.07) is 1.37. The highest BCUT2D eigenvalue weighted by Gasteiger charge is 2.21. The number of ether oxygens (including phenoxy) is 1. The second kappa shape index (κ2) is 6.02. The molecule has 1 aromatic heterocycles. The molecule has 4 nitrogen and oxygen atoms in total. The van der Waals surface area contributed by atoms with Crippen LogP contribution in [0.5, 0.6) is 0 Å². The Morgan fingerprint density at radius 1 is 1.65 bits per heavy atom. The quantitative estimate of drug-likeness (QED) is 0.682. The van der Waals surface area contributed by atoms with Crippen molar-refractivity contribution in [2.24, 2.45) is 5.73 Å². The summed E-state index contributed by atoms with van der Waals surface area (Å²) in [5, 5.41) is 0. The van der Waals surface area contributed by atoms with Crippen molar-refractivity contribution in [1.29, 1.82) is 0 Å². The molecule has 94 valence electrons. The number of pyridine rings is 1. The zero-order valence-corrected chi connectivity index (χ0v) is 10.6. The number of aromatic nitrogens is 1. The van der Waals surface area contributed by atoms with E-state index in [1.165, 1.54) is 13.2 Å². The number of hydrogen-bond donors (Lipinski definition) is 1.